The minimum Gasteiger partial charge on any atom is -0.345 e. The van der Waals surface area contributed by atoms with Gasteiger partial charge in [0.1, 0.15) is 5.69 Å². The quantitative estimate of drug-likeness (QED) is 0.317. The van der Waals surface area contributed by atoms with Gasteiger partial charge in [0, 0.05) is 11.6 Å². The molecule has 0 aliphatic rings. The Labute approximate surface area is 111 Å². The van der Waals surface area contributed by atoms with Gasteiger partial charge in [-0.1, -0.05) is 5.21 Å². The number of nitro benzene ring substituents is 1. The molecule has 0 saturated heterocycles. The van der Waals surface area contributed by atoms with Crippen molar-refractivity contribution in [2.24, 2.45) is 5.84 Å². The second kappa shape index (κ2) is 5.71. The number of carbonyl (C=O) groups excluding carboxylic acids is 1. The third-order valence-corrected chi connectivity index (χ3v) is 2.41. The minimum absolute atomic E-state index is 0.0437. The summed E-state index contributed by atoms with van der Waals surface area (Å²) < 4.78 is 0. The van der Waals surface area contributed by atoms with Crippen LogP contribution in [0.2, 0.25) is 0 Å². The molecule has 0 fully saturated rings. The second-order valence-electron chi connectivity index (χ2n) is 3.64. The summed E-state index contributed by atoms with van der Waals surface area (Å²) in [6.45, 7) is 0.0811. The molecule has 0 unspecified atom stereocenters. The van der Waals surface area contributed by atoms with Crippen molar-refractivity contribution in [2.75, 3.05) is 5.43 Å². The number of aromatic nitrogens is 4. The number of hydrogen-bond donors (Lipinski definition) is 4. The lowest BCUT2D eigenvalue weighted by atomic mass is 10.1. The van der Waals surface area contributed by atoms with E-state index in [1.165, 1.54) is 18.2 Å². The van der Waals surface area contributed by atoms with Crippen LogP contribution in [0.4, 0.5) is 11.4 Å². The molecule has 11 heteroatoms. The lowest BCUT2D eigenvalue weighted by molar-refractivity contribution is -0.384. The van der Waals surface area contributed by atoms with Crippen LogP contribution in [0.25, 0.3) is 0 Å². The summed E-state index contributed by atoms with van der Waals surface area (Å²) in [4.78, 5) is 22.0. The van der Waals surface area contributed by atoms with Gasteiger partial charge in [0.25, 0.3) is 11.6 Å². The molecule has 1 aromatic heterocycles. The molecule has 0 aliphatic carbocycles. The summed E-state index contributed by atoms with van der Waals surface area (Å²) in [6.07, 6.45) is 0. The Morgan fingerprint density at radius 2 is 2.30 bits per heavy atom. The Bertz CT molecular complexity index is 626. The van der Waals surface area contributed by atoms with Gasteiger partial charge in [-0.2, -0.15) is 5.21 Å². The Morgan fingerprint density at radius 1 is 1.50 bits per heavy atom. The first-order valence-corrected chi connectivity index (χ1v) is 5.37. The van der Waals surface area contributed by atoms with Crippen molar-refractivity contribution >= 4 is 17.3 Å². The number of nitrogens with one attached hydrogen (secondary N) is 3. The molecule has 2 rings (SSSR count). The first kappa shape index (κ1) is 13.4. The molecule has 5 N–H and O–H groups in total. The molecule has 0 bridgehead atoms. The maximum absolute atomic E-state index is 11.9. The van der Waals surface area contributed by atoms with E-state index < -0.39 is 10.8 Å². The molecule has 1 heterocycles. The number of hydrogen-bond acceptors (Lipinski definition) is 8. The Morgan fingerprint density at radius 3 is 2.90 bits per heavy atom. The maximum atomic E-state index is 11.9. The average Bonchev–Trinajstić information content (AvgIpc) is 2.97. The van der Waals surface area contributed by atoms with Crippen LogP contribution in [-0.4, -0.2) is 31.5 Å². The van der Waals surface area contributed by atoms with E-state index in [4.69, 9.17) is 5.84 Å². The molecular weight excluding hydrogens is 268 g/mol. The third-order valence-electron chi connectivity index (χ3n) is 2.41. The van der Waals surface area contributed by atoms with Crippen molar-refractivity contribution in [1.29, 1.82) is 0 Å². The molecule has 1 amide bonds. The van der Waals surface area contributed by atoms with Gasteiger partial charge >= 0.3 is 0 Å². The fourth-order valence-electron chi connectivity index (χ4n) is 1.47. The zero-order chi connectivity index (χ0) is 14.5. The van der Waals surface area contributed by atoms with E-state index in [2.05, 4.69) is 31.4 Å². The average molecular weight is 278 g/mol. The molecule has 0 aliphatic heterocycles. The van der Waals surface area contributed by atoms with Gasteiger partial charge in [-0.3, -0.25) is 20.8 Å². The predicted octanol–water partition coefficient (Wildman–Crippen LogP) is -0.677. The van der Waals surface area contributed by atoms with E-state index in [-0.39, 0.29) is 23.5 Å². The fraction of sp³-hybridized carbons (Fsp3) is 0.111. The summed E-state index contributed by atoms with van der Waals surface area (Å²) in [5, 5.41) is 26.2. The van der Waals surface area contributed by atoms with E-state index >= 15 is 0 Å². The van der Waals surface area contributed by atoms with Gasteiger partial charge in [-0.15, -0.1) is 10.2 Å². The van der Waals surface area contributed by atoms with Crippen LogP contribution in [-0.2, 0) is 6.54 Å². The normalized spacial score (nSPS) is 10.1. The summed E-state index contributed by atoms with van der Waals surface area (Å²) in [6, 6.07) is 3.80. The van der Waals surface area contributed by atoms with Crippen LogP contribution in [0.3, 0.4) is 0 Å². The summed E-state index contributed by atoms with van der Waals surface area (Å²) in [5.74, 6) is 5.06. The molecule has 0 saturated carbocycles. The van der Waals surface area contributed by atoms with Crippen molar-refractivity contribution in [2.45, 2.75) is 6.54 Å². The molecule has 1 aromatic carbocycles. The molecule has 20 heavy (non-hydrogen) atoms. The number of carbonyl (C=O) groups is 1. The number of aromatic amines is 1. The number of nitrogen functional groups attached to an aromatic ring is 1. The van der Waals surface area contributed by atoms with Crippen molar-refractivity contribution in [3.05, 3.63) is 39.7 Å². The molecule has 104 valence electrons. The van der Waals surface area contributed by atoms with Crippen LogP contribution >= 0.6 is 0 Å². The highest BCUT2D eigenvalue weighted by Gasteiger charge is 2.16. The standard InChI is InChI=1S/C9H10N8O3/c10-12-6-3-5(1-2-7(6)17(19)20)9(18)11-4-8-13-15-16-14-8/h1-3,12H,4,10H2,(H,11,18)(H,13,14,15,16). The molecule has 0 atom stereocenters. The van der Waals surface area contributed by atoms with Crippen molar-refractivity contribution < 1.29 is 9.72 Å². The lowest BCUT2D eigenvalue weighted by Crippen LogP contribution is -2.23. The Balaban J connectivity index is 2.12. The molecule has 0 spiro atoms. The van der Waals surface area contributed by atoms with Gasteiger partial charge in [0.2, 0.25) is 0 Å². The van der Waals surface area contributed by atoms with Crippen molar-refractivity contribution in [1.82, 2.24) is 25.9 Å². The van der Waals surface area contributed by atoms with Crippen molar-refractivity contribution in [3.8, 4) is 0 Å². The van der Waals surface area contributed by atoms with Crippen LogP contribution in [0.15, 0.2) is 18.2 Å². The highest BCUT2D eigenvalue weighted by Crippen LogP contribution is 2.24. The summed E-state index contributed by atoms with van der Waals surface area (Å²) in [7, 11) is 0. The predicted molar refractivity (Wildman–Crippen MR) is 66.3 cm³/mol. The third kappa shape index (κ3) is 2.84. The highest BCUT2D eigenvalue weighted by molar-refractivity contribution is 5.95. The smallest absolute Gasteiger partial charge is 0.293 e. The monoisotopic (exact) mass is 278 g/mol. The van der Waals surface area contributed by atoms with E-state index in [1.54, 1.807) is 0 Å². The number of benzene rings is 1. The van der Waals surface area contributed by atoms with Crippen molar-refractivity contribution in [3.63, 3.8) is 0 Å². The number of anilines is 1. The fourth-order valence-corrected chi connectivity index (χ4v) is 1.47. The number of nitrogens with two attached hydrogens (primary N) is 1. The molecule has 0 radical (unpaired) electrons. The van der Waals surface area contributed by atoms with Gasteiger partial charge in [-0.25, -0.2) is 0 Å². The number of amides is 1. The van der Waals surface area contributed by atoms with Gasteiger partial charge in [-0.05, 0) is 12.1 Å². The second-order valence-corrected chi connectivity index (χ2v) is 3.64. The largest absolute Gasteiger partial charge is 0.345 e. The number of rotatable bonds is 5. The van der Waals surface area contributed by atoms with Crippen LogP contribution < -0.4 is 16.6 Å². The van der Waals surface area contributed by atoms with Crippen LogP contribution in [0.1, 0.15) is 16.2 Å². The zero-order valence-corrected chi connectivity index (χ0v) is 10.0. The lowest BCUT2D eigenvalue weighted by Gasteiger charge is -2.06. The van der Waals surface area contributed by atoms with Crippen LogP contribution in [0.5, 0.6) is 0 Å². The highest BCUT2D eigenvalue weighted by atomic mass is 16.6. The molecule has 11 nitrogen and oxygen atoms in total. The summed E-state index contributed by atoms with van der Waals surface area (Å²) in [5.41, 5.74) is 2.22. The van der Waals surface area contributed by atoms with E-state index in [9.17, 15) is 14.9 Å². The zero-order valence-electron chi connectivity index (χ0n) is 10.0. The number of nitrogens with zero attached hydrogens (tertiary/aromatic N) is 4. The van der Waals surface area contributed by atoms with E-state index in [0.29, 0.717) is 5.82 Å². The van der Waals surface area contributed by atoms with E-state index in [1.807, 2.05) is 0 Å². The maximum Gasteiger partial charge on any atom is 0.293 e. The molecular formula is C9H10N8O3. The Kier molecular flexibility index (Phi) is 3.81. The molecule has 2 aromatic rings. The van der Waals surface area contributed by atoms with Crippen LogP contribution in [0, 0.1) is 10.1 Å². The van der Waals surface area contributed by atoms with Gasteiger partial charge in [0.05, 0.1) is 11.5 Å². The first-order chi connectivity index (χ1) is 9.61. The number of H-pyrrole nitrogens is 1. The first-order valence-electron chi connectivity index (χ1n) is 5.37. The topological polar surface area (TPSA) is 165 Å². The number of tetrazole rings is 1. The van der Waals surface area contributed by atoms with Gasteiger partial charge < -0.3 is 10.7 Å². The van der Waals surface area contributed by atoms with E-state index in [0.717, 1.165) is 0 Å². The Hall–Kier alpha value is -3.08. The number of nitro groups is 1. The summed E-state index contributed by atoms with van der Waals surface area (Å²) >= 11 is 0. The number of hydrazine groups is 1. The SMILES string of the molecule is NNc1cc(C(=O)NCc2nn[nH]n2)ccc1[N+](=O)[O-]. The minimum atomic E-state index is -0.601. The van der Waals surface area contributed by atoms with Gasteiger partial charge in [0.15, 0.2) is 5.82 Å².